The lowest BCUT2D eigenvalue weighted by molar-refractivity contribution is -0.146. The quantitative estimate of drug-likeness (QED) is 0.471. The van der Waals surface area contributed by atoms with Crippen molar-refractivity contribution in [2.75, 3.05) is 13.1 Å². The summed E-state index contributed by atoms with van der Waals surface area (Å²) in [6.07, 6.45) is 11.6. The van der Waals surface area contributed by atoms with E-state index in [4.69, 9.17) is 9.47 Å². The lowest BCUT2D eigenvalue weighted by Gasteiger charge is -2.48. The van der Waals surface area contributed by atoms with Crippen LogP contribution < -0.4 is 5.32 Å². The first kappa shape index (κ1) is 17.7. The SMILES string of the molecule is CC1CCCC2(C)CC3OC(=O)C(CNCCCn4ccnc4)C3C3OC132. The Labute approximate surface area is 161 Å². The van der Waals surface area contributed by atoms with Gasteiger partial charge in [-0.15, -0.1) is 0 Å². The van der Waals surface area contributed by atoms with Crippen LogP contribution in [0.25, 0.3) is 0 Å². The first-order valence-electron chi connectivity index (χ1n) is 10.6. The zero-order valence-electron chi connectivity index (χ0n) is 16.4. The van der Waals surface area contributed by atoms with Crippen molar-refractivity contribution >= 4 is 5.97 Å². The Morgan fingerprint density at radius 3 is 3.15 bits per heavy atom. The Hall–Kier alpha value is -1.40. The van der Waals surface area contributed by atoms with Gasteiger partial charge in [0.2, 0.25) is 0 Å². The Balaban J connectivity index is 1.22. The maximum absolute atomic E-state index is 12.6. The number of epoxide rings is 1. The summed E-state index contributed by atoms with van der Waals surface area (Å²) in [5.41, 5.74) is 0.171. The predicted molar refractivity (Wildman–Crippen MR) is 99.9 cm³/mol. The van der Waals surface area contributed by atoms with Gasteiger partial charge < -0.3 is 19.4 Å². The van der Waals surface area contributed by atoms with Gasteiger partial charge in [-0.05, 0) is 38.1 Å². The number of ether oxygens (including phenoxy) is 2. The fourth-order valence-electron chi connectivity index (χ4n) is 6.53. The number of carbonyl (C=O) groups is 1. The third kappa shape index (κ3) is 2.59. The molecule has 1 aromatic heterocycles. The van der Waals surface area contributed by atoms with E-state index in [0.29, 0.717) is 12.5 Å². The van der Waals surface area contributed by atoms with Crippen molar-refractivity contribution < 1.29 is 14.3 Å². The number of nitrogens with zero attached hydrogens (tertiary/aromatic N) is 2. The first-order valence-corrected chi connectivity index (χ1v) is 10.6. The highest BCUT2D eigenvalue weighted by molar-refractivity contribution is 5.76. The molecule has 6 nitrogen and oxygen atoms in total. The summed E-state index contributed by atoms with van der Waals surface area (Å²) in [6, 6.07) is 0. The van der Waals surface area contributed by atoms with Crippen molar-refractivity contribution in [1.29, 1.82) is 0 Å². The molecule has 6 heteroatoms. The molecule has 4 fully saturated rings. The van der Waals surface area contributed by atoms with Crippen molar-refractivity contribution in [3.05, 3.63) is 18.7 Å². The molecule has 2 saturated heterocycles. The zero-order chi connectivity index (χ0) is 18.6. The minimum atomic E-state index is -0.0636. The molecular formula is C21H31N3O3. The maximum atomic E-state index is 12.6. The zero-order valence-corrected chi connectivity index (χ0v) is 16.4. The predicted octanol–water partition coefficient (Wildman–Crippen LogP) is 2.39. The molecule has 3 heterocycles. The van der Waals surface area contributed by atoms with E-state index in [9.17, 15) is 4.79 Å². The van der Waals surface area contributed by atoms with Crippen molar-refractivity contribution in [2.24, 2.45) is 23.2 Å². The van der Waals surface area contributed by atoms with Gasteiger partial charge in [0.25, 0.3) is 0 Å². The van der Waals surface area contributed by atoms with Crippen LogP contribution in [-0.4, -0.2) is 46.4 Å². The molecule has 5 rings (SSSR count). The molecule has 1 aromatic rings. The second-order valence-electron chi connectivity index (χ2n) is 9.41. The third-order valence-electron chi connectivity index (χ3n) is 7.89. The largest absolute Gasteiger partial charge is 0.462 e. The van der Waals surface area contributed by atoms with Gasteiger partial charge >= 0.3 is 5.97 Å². The third-order valence-corrected chi connectivity index (χ3v) is 7.89. The van der Waals surface area contributed by atoms with E-state index in [1.54, 1.807) is 6.20 Å². The van der Waals surface area contributed by atoms with Gasteiger partial charge in [-0.25, -0.2) is 4.98 Å². The Morgan fingerprint density at radius 1 is 1.44 bits per heavy atom. The van der Waals surface area contributed by atoms with Crippen LogP contribution in [0.1, 0.15) is 46.0 Å². The molecule has 0 radical (unpaired) electrons. The average molecular weight is 373 g/mol. The fourth-order valence-corrected chi connectivity index (χ4v) is 6.53. The molecule has 0 amide bonds. The van der Waals surface area contributed by atoms with Crippen LogP contribution in [0.15, 0.2) is 18.7 Å². The molecule has 148 valence electrons. The van der Waals surface area contributed by atoms with Gasteiger partial charge in [0.05, 0.1) is 18.3 Å². The van der Waals surface area contributed by atoms with Crippen molar-refractivity contribution in [1.82, 2.24) is 14.9 Å². The number of aryl methyl sites for hydroxylation is 1. The summed E-state index contributed by atoms with van der Waals surface area (Å²) >= 11 is 0. The number of hydrogen-bond acceptors (Lipinski definition) is 5. The highest BCUT2D eigenvalue weighted by Crippen LogP contribution is 2.70. The number of nitrogens with one attached hydrogen (secondary N) is 1. The van der Waals surface area contributed by atoms with E-state index in [1.165, 1.54) is 19.3 Å². The van der Waals surface area contributed by atoms with Crippen LogP contribution in [0.3, 0.4) is 0 Å². The molecule has 1 spiro atoms. The summed E-state index contributed by atoms with van der Waals surface area (Å²) in [7, 11) is 0. The monoisotopic (exact) mass is 373 g/mol. The van der Waals surface area contributed by atoms with Gasteiger partial charge in [-0.1, -0.05) is 20.3 Å². The topological polar surface area (TPSA) is 68.7 Å². The number of hydrogen-bond donors (Lipinski definition) is 1. The number of aromatic nitrogens is 2. The Bertz CT molecular complexity index is 708. The van der Waals surface area contributed by atoms with Gasteiger partial charge in [0, 0.05) is 36.8 Å². The van der Waals surface area contributed by atoms with Crippen LogP contribution in [0, 0.1) is 23.2 Å². The van der Waals surface area contributed by atoms with E-state index in [0.717, 1.165) is 25.9 Å². The summed E-state index contributed by atoms with van der Waals surface area (Å²) in [6.45, 7) is 7.25. The van der Waals surface area contributed by atoms with E-state index in [-0.39, 0.29) is 41.0 Å². The van der Waals surface area contributed by atoms with Crippen molar-refractivity contribution in [3.63, 3.8) is 0 Å². The van der Waals surface area contributed by atoms with Gasteiger partial charge in [0.15, 0.2) is 0 Å². The molecule has 27 heavy (non-hydrogen) atoms. The van der Waals surface area contributed by atoms with Crippen molar-refractivity contribution in [3.8, 4) is 0 Å². The molecule has 2 aliphatic heterocycles. The van der Waals surface area contributed by atoms with Crippen LogP contribution in [-0.2, 0) is 20.8 Å². The summed E-state index contributed by atoms with van der Waals surface area (Å²) in [4.78, 5) is 16.7. The molecular weight excluding hydrogens is 342 g/mol. The molecule has 7 unspecified atom stereocenters. The molecule has 2 aliphatic carbocycles. The standard InChI is InChI=1S/C21H31N3O3/c1-14-5-3-6-20(2)11-16-17(18-21(14,20)27-18)15(19(25)26-16)12-22-7-4-9-24-10-8-23-13-24/h8,10,13-18,22H,3-7,9,11-12H2,1-2H3. The maximum Gasteiger partial charge on any atom is 0.311 e. The number of fused-ring (bicyclic) bond motifs is 2. The number of esters is 1. The Morgan fingerprint density at radius 2 is 2.33 bits per heavy atom. The molecule has 0 aromatic carbocycles. The number of rotatable bonds is 6. The Kier molecular flexibility index (Phi) is 4.13. The summed E-state index contributed by atoms with van der Waals surface area (Å²) < 4.78 is 14.4. The minimum absolute atomic E-state index is 0.0000688. The van der Waals surface area contributed by atoms with Crippen LogP contribution in [0.5, 0.6) is 0 Å². The minimum Gasteiger partial charge on any atom is -0.462 e. The van der Waals surface area contributed by atoms with Gasteiger partial charge in [-0.2, -0.15) is 0 Å². The van der Waals surface area contributed by atoms with E-state index < -0.39 is 0 Å². The highest BCUT2D eigenvalue weighted by atomic mass is 16.6. The van der Waals surface area contributed by atoms with Crippen LogP contribution in [0.2, 0.25) is 0 Å². The fraction of sp³-hybridized carbons (Fsp3) is 0.810. The summed E-state index contributed by atoms with van der Waals surface area (Å²) in [5.74, 6) is 0.730. The molecule has 4 aliphatic rings. The number of imidazole rings is 1. The first-order chi connectivity index (χ1) is 13.1. The van der Waals surface area contributed by atoms with Crippen molar-refractivity contribution in [2.45, 2.75) is 70.3 Å². The summed E-state index contributed by atoms with van der Waals surface area (Å²) in [5, 5.41) is 3.49. The van der Waals surface area contributed by atoms with E-state index >= 15 is 0 Å². The van der Waals surface area contributed by atoms with Gasteiger partial charge in [0.1, 0.15) is 11.7 Å². The number of carbonyl (C=O) groups excluding carboxylic acids is 1. The lowest BCUT2D eigenvalue weighted by atomic mass is 9.53. The molecule has 1 N–H and O–H groups in total. The second-order valence-corrected chi connectivity index (χ2v) is 9.41. The second kappa shape index (κ2) is 6.31. The normalized spacial score (nSPS) is 45.0. The molecule has 0 bridgehead atoms. The lowest BCUT2D eigenvalue weighted by Crippen LogP contribution is -2.54. The van der Waals surface area contributed by atoms with E-state index in [1.807, 2.05) is 12.5 Å². The van der Waals surface area contributed by atoms with E-state index in [2.05, 4.69) is 28.7 Å². The molecule has 7 atom stereocenters. The van der Waals surface area contributed by atoms with Crippen LogP contribution in [0.4, 0.5) is 0 Å². The smallest absolute Gasteiger partial charge is 0.311 e. The average Bonchev–Trinajstić information content (AvgIpc) is 3.03. The van der Waals surface area contributed by atoms with Crippen LogP contribution >= 0.6 is 0 Å². The highest BCUT2D eigenvalue weighted by Gasteiger charge is 2.78. The van der Waals surface area contributed by atoms with Gasteiger partial charge in [-0.3, -0.25) is 4.79 Å². The molecule has 2 saturated carbocycles.